The first-order valence-electron chi connectivity index (χ1n) is 8.08. The highest BCUT2D eigenvalue weighted by Crippen LogP contribution is 2.21. The second-order valence-corrected chi connectivity index (χ2v) is 7.50. The van der Waals surface area contributed by atoms with E-state index in [1.54, 1.807) is 12.1 Å². The largest absolute Gasteiger partial charge is 0.481 e. The Bertz CT molecular complexity index is 1070. The topological polar surface area (TPSA) is 84.5 Å². The molecule has 0 radical (unpaired) electrons. The predicted octanol–water partition coefficient (Wildman–Crippen LogP) is 2.76. The summed E-state index contributed by atoms with van der Waals surface area (Å²) in [6, 6.07) is 17.3. The van der Waals surface area contributed by atoms with Gasteiger partial charge >= 0.3 is 0 Å². The Morgan fingerprint density at radius 3 is 2.37 bits per heavy atom. The molecule has 3 aromatic rings. The van der Waals surface area contributed by atoms with Gasteiger partial charge < -0.3 is 4.74 Å². The van der Waals surface area contributed by atoms with Crippen LogP contribution in [0.2, 0.25) is 0 Å². The molecule has 0 spiro atoms. The molecule has 2 N–H and O–H groups in total. The van der Waals surface area contributed by atoms with E-state index in [0.717, 1.165) is 35.0 Å². The van der Waals surface area contributed by atoms with Crippen molar-refractivity contribution in [3.8, 4) is 5.75 Å². The molecule has 1 atom stereocenters. The van der Waals surface area contributed by atoms with E-state index >= 15 is 0 Å². The van der Waals surface area contributed by atoms with Gasteiger partial charge in [-0.2, -0.15) is 0 Å². The van der Waals surface area contributed by atoms with Gasteiger partial charge in [0.25, 0.3) is 15.9 Å². The first-order valence-corrected chi connectivity index (χ1v) is 9.56. The van der Waals surface area contributed by atoms with Crippen LogP contribution in [0.3, 0.4) is 0 Å². The second kappa shape index (κ2) is 7.73. The first kappa shape index (κ1) is 18.8. The van der Waals surface area contributed by atoms with E-state index in [1.807, 2.05) is 35.2 Å². The fraction of sp³-hybridized carbons (Fsp3) is 0.105. The molecule has 0 aliphatic heterocycles. The average Bonchev–Trinajstić information content (AvgIpc) is 2.66. The lowest BCUT2D eigenvalue weighted by molar-refractivity contribution is -0.127. The zero-order valence-electron chi connectivity index (χ0n) is 14.3. The average molecular weight is 388 g/mol. The normalized spacial score (nSPS) is 12.5. The van der Waals surface area contributed by atoms with E-state index < -0.39 is 27.9 Å². The standard InChI is InChI=1S/C19H17FN2O4S/c1-13(26-17-9-6-14-4-2-3-5-15(14)12-17)19(23)21-22-27(24,25)18-10-7-16(20)8-11-18/h2-13,22H,1H3,(H,21,23)/t13-/m0/s1. The quantitative estimate of drug-likeness (QED) is 0.636. The molecule has 0 aliphatic rings. The lowest BCUT2D eigenvalue weighted by atomic mass is 10.1. The molecule has 3 aromatic carbocycles. The van der Waals surface area contributed by atoms with E-state index in [1.165, 1.54) is 6.92 Å². The van der Waals surface area contributed by atoms with Crippen LogP contribution in [0.1, 0.15) is 6.92 Å². The highest BCUT2D eigenvalue weighted by molar-refractivity contribution is 7.89. The van der Waals surface area contributed by atoms with Gasteiger partial charge in [0.15, 0.2) is 6.10 Å². The molecule has 3 rings (SSSR count). The minimum Gasteiger partial charge on any atom is -0.481 e. The summed E-state index contributed by atoms with van der Waals surface area (Å²) in [6.45, 7) is 1.50. The van der Waals surface area contributed by atoms with Crippen molar-refractivity contribution in [2.24, 2.45) is 0 Å². The van der Waals surface area contributed by atoms with Crippen molar-refractivity contribution in [1.29, 1.82) is 0 Å². The number of amides is 1. The third kappa shape index (κ3) is 4.60. The second-order valence-electron chi connectivity index (χ2n) is 5.82. The molecule has 0 saturated carbocycles. The van der Waals surface area contributed by atoms with Gasteiger partial charge in [0.05, 0.1) is 4.90 Å². The minimum atomic E-state index is -4.01. The number of hydrazine groups is 1. The maximum absolute atomic E-state index is 12.9. The Morgan fingerprint density at radius 2 is 1.67 bits per heavy atom. The molecule has 0 fully saturated rings. The Balaban J connectivity index is 1.62. The summed E-state index contributed by atoms with van der Waals surface area (Å²) in [5.41, 5.74) is 2.10. The number of halogens is 1. The van der Waals surface area contributed by atoms with Crippen LogP contribution in [0.25, 0.3) is 10.8 Å². The van der Waals surface area contributed by atoms with Gasteiger partial charge in [0.2, 0.25) is 0 Å². The molecule has 0 heterocycles. The smallest absolute Gasteiger partial charge is 0.275 e. The molecule has 140 valence electrons. The van der Waals surface area contributed by atoms with Crippen molar-refractivity contribution in [3.05, 3.63) is 72.5 Å². The van der Waals surface area contributed by atoms with Gasteiger partial charge in [-0.05, 0) is 54.1 Å². The maximum Gasteiger partial charge on any atom is 0.275 e. The number of fused-ring (bicyclic) bond motifs is 1. The van der Waals surface area contributed by atoms with Crippen LogP contribution in [-0.4, -0.2) is 20.4 Å². The summed E-state index contributed by atoms with van der Waals surface area (Å²) < 4.78 is 42.6. The summed E-state index contributed by atoms with van der Waals surface area (Å²) in [6.07, 6.45) is -0.943. The number of hydrogen-bond acceptors (Lipinski definition) is 4. The Hall–Kier alpha value is -2.97. The van der Waals surface area contributed by atoms with Gasteiger partial charge in [-0.1, -0.05) is 30.3 Å². The highest BCUT2D eigenvalue weighted by atomic mass is 32.2. The molecular formula is C19H17FN2O4S. The van der Waals surface area contributed by atoms with Crippen molar-refractivity contribution in [2.75, 3.05) is 0 Å². The third-order valence-electron chi connectivity index (χ3n) is 3.84. The number of hydrogen-bond donors (Lipinski definition) is 2. The van der Waals surface area contributed by atoms with Gasteiger partial charge in [-0.25, -0.2) is 12.8 Å². The van der Waals surface area contributed by atoms with Crippen LogP contribution in [-0.2, 0) is 14.8 Å². The van der Waals surface area contributed by atoms with Crippen LogP contribution in [0.4, 0.5) is 4.39 Å². The van der Waals surface area contributed by atoms with Crippen molar-refractivity contribution < 1.29 is 22.3 Å². The van der Waals surface area contributed by atoms with Gasteiger partial charge in [-0.15, -0.1) is 4.83 Å². The first-order chi connectivity index (χ1) is 12.8. The van der Waals surface area contributed by atoms with Crippen LogP contribution in [0, 0.1) is 5.82 Å². The fourth-order valence-corrected chi connectivity index (χ4v) is 3.24. The Morgan fingerprint density at radius 1 is 1.00 bits per heavy atom. The van der Waals surface area contributed by atoms with Gasteiger partial charge in [0.1, 0.15) is 11.6 Å². The van der Waals surface area contributed by atoms with Crippen LogP contribution in [0.15, 0.2) is 71.6 Å². The molecular weight excluding hydrogens is 371 g/mol. The van der Waals surface area contributed by atoms with E-state index in [4.69, 9.17) is 4.74 Å². The van der Waals surface area contributed by atoms with Crippen LogP contribution >= 0.6 is 0 Å². The molecule has 0 aromatic heterocycles. The van der Waals surface area contributed by atoms with Gasteiger partial charge in [-0.3, -0.25) is 10.2 Å². The molecule has 6 nitrogen and oxygen atoms in total. The van der Waals surface area contributed by atoms with E-state index in [9.17, 15) is 17.6 Å². The van der Waals surface area contributed by atoms with Gasteiger partial charge in [0, 0.05) is 0 Å². The lowest BCUT2D eigenvalue weighted by Gasteiger charge is -2.15. The number of nitrogens with one attached hydrogen (secondary N) is 2. The van der Waals surface area contributed by atoms with Crippen molar-refractivity contribution in [1.82, 2.24) is 10.3 Å². The van der Waals surface area contributed by atoms with Crippen molar-refractivity contribution in [3.63, 3.8) is 0 Å². The lowest BCUT2D eigenvalue weighted by Crippen LogP contribution is -2.47. The summed E-state index contributed by atoms with van der Waals surface area (Å²) in [5, 5.41) is 1.99. The number of carbonyl (C=O) groups excluding carboxylic acids is 1. The highest BCUT2D eigenvalue weighted by Gasteiger charge is 2.19. The van der Waals surface area contributed by atoms with E-state index in [2.05, 4.69) is 5.43 Å². The Kier molecular flexibility index (Phi) is 5.38. The summed E-state index contributed by atoms with van der Waals surface area (Å²) >= 11 is 0. The molecule has 27 heavy (non-hydrogen) atoms. The van der Waals surface area contributed by atoms with E-state index in [0.29, 0.717) is 5.75 Å². The minimum absolute atomic E-state index is 0.174. The SMILES string of the molecule is C[C@H](Oc1ccc2ccccc2c1)C(=O)NNS(=O)(=O)c1ccc(F)cc1. The summed E-state index contributed by atoms with van der Waals surface area (Å²) in [5.74, 6) is -0.748. The zero-order chi connectivity index (χ0) is 19.4. The number of sulfonamides is 1. The van der Waals surface area contributed by atoms with Crippen LogP contribution in [0.5, 0.6) is 5.75 Å². The third-order valence-corrected chi connectivity index (χ3v) is 5.10. The van der Waals surface area contributed by atoms with Crippen LogP contribution < -0.4 is 15.0 Å². The maximum atomic E-state index is 12.9. The predicted molar refractivity (Wildman–Crippen MR) is 98.9 cm³/mol. The summed E-state index contributed by atoms with van der Waals surface area (Å²) in [4.78, 5) is 13.9. The fourth-order valence-electron chi connectivity index (χ4n) is 2.39. The monoisotopic (exact) mass is 388 g/mol. The number of benzene rings is 3. The molecule has 0 saturated heterocycles. The summed E-state index contributed by atoms with van der Waals surface area (Å²) in [7, 11) is -4.01. The van der Waals surface area contributed by atoms with Crippen molar-refractivity contribution >= 4 is 26.7 Å². The Labute approximate surface area is 156 Å². The molecule has 1 amide bonds. The number of ether oxygens (including phenoxy) is 1. The van der Waals surface area contributed by atoms with Crippen molar-refractivity contribution in [2.45, 2.75) is 17.9 Å². The number of carbonyl (C=O) groups is 1. The van der Waals surface area contributed by atoms with E-state index in [-0.39, 0.29) is 4.90 Å². The molecule has 0 aliphatic carbocycles. The molecule has 0 unspecified atom stereocenters. The molecule has 8 heteroatoms. The zero-order valence-corrected chi connectivity index (χ0v) is 15.2. The number of rotatable bonds is 6. The molecule has 0 bridgehead atoms.